The number of carbonyl (C=O) groups excluding carboxylic acids is 1. The average Bonchev–Trinajstić information content (AvgIpc) is 2.45. The van der Waals surface area contributed by atoms with E-state index in [0.29, 0.717) is 18.4 Å². The molecule has 0 aliphatic heterocycles. The normalized spacial score (nSPS) is 11.3. The molecule has 1 amide bonds. The Morgan fingerprint density at radius 1 is 1.17 bits per heavy atom. The zero-order chi connectivity index (χ0) is 13.6. The molecule has 0 radical (unpaired) electrons. The van der Waals surface area contributed by atoms with Gasteiger partial charge in [-0.15, -0.1) is 0 Å². The standard InChI is InChI=1S/C14H21NO3/c1-3-14(4-2,10-17)15-13(18)12-7-5-11(9-16)6-8-12/h5-8,16-17H,3-4,9-10H2,1-2H3,(H,15,18). The highest BCUT2D eigenvalue weighted by molar-refractivity contribution is 5.94. The van der Waals surface area contributed by atoms with Gasteiger partial charge in [0.25, 0.3) is 5.91 Å². The fraction of sp³-hybridized carbons (Fsp3) is 0.500. The summed E-state index contributed by atoms with van der Waals surface area (Å²) in [5.41, 5.74) is 0.755. The molecule has 4 heteroatoms. The summed E-state index contributed by atoms with van der Waals surface area (Å²) in [6.45, 7) is 3.77. The van der Waals surface area contributed by atoms with Crippen molar-refractivity contribution in [3.63, 3.8) is 0 Å². The van der Waals surface area contributed by atoms with Crippen molar-refractivity contribution in [1.29, 1.82) is 0 Å². The Bertz CT molecular complexity index is 374. The van der Waals surface area contributed by atoms with E-state index in [4.69, 9.17) is 5.11 Å². The molecule has 0 aliphatic carbocycles. The minimum absolute atomic E-state index is 0.0353. The van der Waals surface area contributed by atoms with Crippen LogP contribution in [0, 0.1) is 0 Å². The number of amides is 1. The van der Waals surface area contributed by atoms with Crippen molar-refractivity contribution in [1.82, 2.24) is 5.32 Å². The van der Waals surface area contributed by atoms with Crippen LogP contribution in [0.2, 0.25) is 0 Å². The zero-order valence-electron chi connectivity index (χ0n) is 10.9. The van der Waals surface area contributed by atoms with E-state index >= 15 is 0 Å². The monoisotopic (exact) mass is 251 g/mol. The lowest BCUT2D eigenvalue weighted by atomic mass is 9.93. The van der Waals surface area contributed by atoms with Crippen molar-refractivity contribution in [3.05, 3.63) is 35.4 Å². The van der Waals surface area contributed by atoms with E-state index in [-0.39, 0.29) is 19.1 Å². The number of nitrogens with one attached hydrogen (secondary N) is 1. The average molecular weight is 251 g/mol. The largest absolute Gasteiger partial charge is 0.394 e. The number of aliphatic hydroxyl groups is 2. The molecule has 0 heterocycles. The molecule has 100 valence electrons. The van der Waals surface area contributed by atoms with Crippen molar-refractivity contribution in [2.75, 3.05) is 6.61 Å². The highest BCUT2D eigenvalue weighted by Gasteiger charge is 2.27. The van der Waals surface area contributed by atoms with Crippen LogP contribution in [-0.2, 0) is 6.61 Å². The minimum Gasteiger partial charge on any atom is -0.394 e. The summed E-state index contributed by atoms with van der Waals surface area (Å²) in [6, 6.07) is 6.78. The van der Waals surface area contributed by atoms with E-state index in [0.717, 1.165) is 5.56 Å². The van der Waals surface area contributed by atoms with Crippen LogP contribution < -0.4 is 5.32 Å². The first-order valence-electron chi connectivity index (χ1n) is 6.24. The summed E-state index contributed by atoms with van der Waals surface area (Å²) in [5.74, 6) is -0.197. The van der Waals surface area contributed by atoms with Gasteiger partial charge < -0.3 is 15.5 Å². The number of benzene rings is 1. The second-order valence-corrected chi connectivity index (χ2v) is 4.45. The van der Waals surface area contributed by atoms with Gasteiger partial charge in [-0.25, -0.2) is 0 Å². The van der Waals surface area contributed by atoms with Gasteiger partial charge in [0.05, 0.1) is 18.8 Å². The van der Waals surface area contributed by atoms with Gasteiger partial charge in [0.15, 0.2) is 0 Å². The maximum Gasteiger partial charge on any atom is 0.251 e. The van der Waals surface area contributed by atoms with Gasteiger partial charge in [-0.3, -0.25) is 4.79 Å². The van der Waals surface area contributed by atoms with E-state index < -0.39 is 5.54 Å². The van der Waals surface area contributed by atoms with Crippen LogP contribution in [0.3, 0.4) is 0 Å². The lowest BCUT2D eigenvalue weighted by molar-refractivity contribution is 0.0818. The van der Waals surface area contributed by atoms with Gasteiger partial charge in [0.2, 0.25) is 0 Å². The van der Waals surface area contributed by atoms with E-state index in [1.807, 2.05) is 13.8 Å². The molecule has 18 heavy (non-hydrogen) atoms. The van der Waals surface area contributed by atoms with Crippen LogP contribution in [0.25, 0.3) is 0 Å². The zero-order valence-corrected chi connectivity index (χ0v) is 10.9. The molecule has 0 aromatic heterocycles. The molecule has 4 nitrogen and oxygen atoms in total. The van der Waals surface area contributed by atoms with Crippen LogP contribution in [0.4, 0.5) is 0 Å². The maximum atomic E-state index is 12.1. The minimum atomic E-state index is -0.549. The first-order chi connectivity index (χ1) is 8.60. The topological polar surface area (TPSA) is 69.6 Å². The fourth-order valence-corrected chi connectivity index (χ4v) is 1.76. The van der Waals surface area contributed by atoms with Crippen molar-refractivity contribution in [2.45, 2.75) is 38.8 Å². The summed E-state index contributed by atoms with van der Waals surface area (Å²) in [7, 11) is 0. The Morgan fingerprint density at radius 2 is 1.72 bits per heavy atom. The van der Waals surface area contributed by atoms with Gasteiger partial charge >= 0.3 is 0 Å². The third-order valence-electron chi connectivity index (χ3n) is 3.43. The van der Waals surface area contributed by atoms with Gasteiger partial charge in [0, 0.05) is 5.56 Å². The molecule has 1 aromatic carbocycles. The molecule has 0 spiro atoms. The molecule has 3 N–H and O–H groups in total. The van der Waals surface area contributed by atoms with Gasteiger partial charge in [-0.2, -0.15) is 0 Å². The third kappa shape index (κ3) is 3.31. The van der Waals surface area contributed by atoms with Crippen LogP contribution in [0.5, 0.6) is 0 Å². The molecule has 0 aliphatic rings. The summed E-state index contributed by atoms with van der Waals surface area (Å²) >= 11 is 0. The molecule has 0 atom stereocenters. The van der Waals surface area contributed by atoms with E-state index in [1.54, 1.807) is 24.3 Å². The Kier molecular flexibility index (Phi) is 5.31. The lowest BCUT2D eigenvalue weighted by Gasteiger charge is -2.30. The summed E-state index contributed by atoms with van der Waals surface area (Å²) in [6.07, 6.45) is 1.36. The van der Waals surface area contributed by atoms with Crippen LogP contribution >= 0.6 is 0 Å². The summed E-state index contributed by atoms with van der Waals surface area (Å²) < 4.78 is 0. The summed E-state index contributed by atoms with van der Waals surface area (Å²) in [5, 5.41) is 21.2. The van der Waals surface area contributed by atoms with Crippen LogP contribution in [0.1, 0.15) is 42.6 Å². The van der Waals surface area contributed by atoms with Gasteiger partial charge in [-0.1, -0.05) is 26.0 Å². The van der Waals surface area contributed by atoms with Crippen LogP contribution in [-0.4, -0.2) is 28.3 Å². The first kappa shape index (κ1) is 14.7. The molecule has 1 rings (SSSR count). The van der Waals surface area contributed by atoms with Crippen molar-refractivity contribution in [3.8, 4) is 0 Å². The Balaban J connectivity index is 2.80. The SMILES string of the molecule is CCC(CC)(CO)NC(=O)c1ccc(CO)cc1. The van der Waals surface area contributed by atoms with E-state index in [9.17, 15) is 9.90 Å². The highest BCUT2D eigenvalue weighted by atomic mass is 16.3. The molecule has 1 aromatic rings. The number of hydrogen-bond donors (Lipinski definition) is 3. The fourth-order valence-electron chi connectivity index (χ4n) is 1.76. The number of aliphatic hydroxyl groups excluding tert-OH is 2. The Morgan fingerprint density at radius 3 is 2.11 bits per heavy atom. The smallest absolute Gasteiger partial charge is 0.251 e. The number of carbonyl (C=O) groups is 1. The number of hydrogen-bond acceptors (Lipinski definition) is 3. The first-order valence-corrected chi connectivity index (χ1v) is 6.24. The molecule has 0 saturated heterocycles. The second-order valence-electron chi connectivity index (χ2n) is 4.45. The second kappa shape index (κ2) is 6.52. The number of rotatable bonds is 6. The molecule has 0 unspecified atom stereocenters. The Labute approximate surface area is 108 Å². The predicted octanol–water partition coefficient (Wildman–Crippen LogP) is 1.46. The molecular formula is C14H21NO3. The Hall–Kier alpha value is -1.39. The highest BCUT2D eigenvalue weighted by Crippen LogP contribution is 2.15. The molecular weight excluding hydrogens is 230 g/mol. The van der Waals surface area contributed by atoms with Crippen molar-refractivity contribution in [2.24, 2.45) is 0 Å². The molecule has 0 bridgehead atoms. The van der Waals surface area contributed by atoms with E-state index in [1.165, 1.54) is 0 Å². The van der Waals surface area contributed by atoms with Crippen LogP contribution in [0.15, 0.2) is 24.3 Å². The maximum absolute atomic E-state index is 12.1. The predicted molar refractivity (Wildman–Crippen MR) is 70.2 cm³/mol. The van der Waals surface area contributed by atoms with Crippen molar-refractivity contribution >= 4 is 5.91 Å². The molecule has 0 saturated carbocycles. The van der Waals surface area contributed by atoms with E-state index in [2.05, 4.69) is 5.32 Å². The van der Waals surface area contributed by atoms with Crippen molar-refractivity contribution < 1.29 is 15.0 Å². The summed E-state index contributed by atoms with van der Waals surface area (Å²) in [4.78, 5) is 12.1. The quantitative estimate of drug-likeness (QED) is 0.717. The van der Waals surface area contributed by atoms with Gasteiger partial charge in [0.1, 0.15) is 0 Å². The van der Waals surface area contributed by atoms with Gasteiger partial charge in [-0.05, 0) is 30.5 Å². The third-order valence-corrected chi connectivity index (χ3v) is 3.43. The molecule has 0 fully saturated rings. The lowest BCUT2D eigenvalue weighted by Crippen LogP contribution is -2.50.